The number of rotatable bonds is 8. The summed E-state index contributed by atoms with van der Waals surface area (Å²) in [7, 11) is 3.40. The van der Waals surface area contributed by atoms with Crippen molar-refractivity contribution in [1.82, 2.24) is 14.8 Å². The smallest absolute Gasteiger partial charge is 0.234 e. The molecule has 1 heterocycles. The van der Waals surface area contributed by atoms with E-state index in [0.29, 0.717) is 28.2 Å². The Kier molecular flexibility index (Phi) is 7.17. The molecule has 0 bridgehead atoms. The van der Waals surface area contributed by atoms with E-state index in [1.165, 1.54) is 23.9 Å². The monoisotopic (exact) mass is 450 g/mol. The molecule has 30 heavy (non-hydrogen) atoms. The van der Waals surface area contributed by atoms with Crippen LogP contribution >= 0.6 is 23.4 Å². The number of carbonyl (C=O) groups is 1. The summed E-state index contributed by atoms with van der Waals surface area (Å²) in [6.07, 6.45) is -0.365. The summed E-state index contributed by atoms with van der Waals surface area (Å²) < 4.78 is 26.0. The number of nitrogens with zero attached hydrogens (tertiary/aromatic N) is 3. The first kappa shape index (κ1) is 21.9. The molecule has 7 nitrogen and oxygen atoms in total. The summed E-state index contributed by atoms with van der Waals surface area (Å²) in [5.41, 5.74) is 0.350. The molecule has 0 aliphatic heterocycles. The molecule has 0 fully saturated rings. The lowest BCUT2D eigenvalue weighted by atomic mass is 10.3. The first-order valence-corrected chi connectivity index (χ1v) is 10.3. The largest absolute Gasteiger partial charge is 0.497 e. The number of aromatic nitrogens is 3. The lowest BCUT2D eigenvalue weighted by molar-refractivity contribution is -0.113. The average molecular weight is 451 g/mol. The predicted molar refractivity (Wildman–Crippen MR) is 114 cm³/mol. The van der Waals surface area contributed by atoms with Crippen molar-refractivity contribution >= 4 is 35.0 Å². The molecule has 1 N–H and O–H groups in total. The minimum atomic E-state index is -0.468. The van der Waals surface area contributed by atoms with Gasteiger partial charge in [0.1, 0.15) is 17.3 Å². The molecule has 1 amide bonds. The van der Waals surface area contributed by atoms with Crippen molar-refractivity contribution in [3.8, 4) is 11.5 Å². The molecule has 1 aromatic heterocycles. The zero-order chi connectivity index (χ0) is 21.7. The molecule has 0 spiro atoms. The number of ether oxygens (including phenoxy) is 2. The van der Waals surface area contributed by atoms with E-state index in [4.69, 9.17) is 21.1 Å². The molecular formula is C20H20ClFN4O3S. The number of amides is 1. The van der Waals surface area contributed by atoms with Gasteiger partial charge in [-0.15, -0.1) is 10.2 Å². The van der Waals surface area contributed by atoms with Crippen molar-refractivity contribution in [3.05, 3.63) is 59.1 Å². The normalized spacial score (nSPS) is 11.8. The molecule has 0 aliphatic carbocycles. The van der Waals surface area contributed by atoms with Crippen LogP contribution in [0.3, 0.4) is 0 Å². The highest BCUT2D eigenvalue weighted by molar-refractivity contribution is 7.99. The molecule has 3 rings (SSSR count). The standard InChI is InChI=1S/C20H20ClFN4O3S/c1-12(29-15-6-4-5-14(10-15)28-3)19-24-25-20(26(19)2)30-11-18(27)23-17-8-7-13(22)9-16(17)21/h4-10,12H,11H2,1-3H3,(H,23,27). The van der Waals surface area contributed by atoms with Crippen LogP contribution in [0.15, 0.2) is 47.6 Å². The Morgan fingerprint density at radius 1 is 1.27 bits per heavy atom. The van der Waals surface area contributed by atoms with E-state index >= 15 is 0 Å². The number of nitrogens with one attached hydrogen (secondary N) is 1. The fourth-order valence-corrected chi connectivity index (χ4v) is 3.58. The van der Waals surface area contributed by atoms with Gasteiger partial charge in [0.25, 0.3) is 0 Å². The molecule has 1 unspecified atom stereocenters. The van der Waals surface area contributed by atoms with Crippen LogP contribution in [0.5, 0.6) is 11.5 Å². The lowest BCUT2D eigenvalue weighted by Gasteiger charge is -2.14. The Bertz CT molecular complexity index is 1050. The zero-order valence-corrected chi connectivity index (χ0v) is 18.1. The third-order valence-corrected chi connectivity index (χ3v) is 5.46. The van der Waals surface area contributed by atoms with Crippen molar-refractivity contribution in [1.29, 1.82) is 0 Å². The lowest BCUT2D eigenvalue weighted by Crippen LogP contribution is -2.15. The van der Waals surface area contributed by atoms with Gasteiger partial charge in [-0.05, 0) is 37.3 Å². The zero-order valence-electron chi connectivity index (χ0n) is 16.6. The minimum absolute atomic E-state index is 0.0881. The van der Waals surface area contributed by atoms with Gasteiger partial charge >= 0.3 is 0 Å². The summed E-state index contributed by atoms with van der Waals surface area (Å²) in [6.45, 7) is 1.86. The van der Waals surface area contributed by atoms with Gasteiger partial charge in [-0.3, -0.25) is 4.79 Å². The Morgan fingerprint density at radius 3 is 2.77 bits per heavy atom. The van der Waals surface area contributed by atoms with Gasteiger partial charge in [0, 0.05) is 13.1 Å². The van der Waals surface area contributed by atoms with Crippen molar-refractivity contribution in [2.24, 2.45) is 7.05 Å². The highest BCUT2D eigenvalue weighted by Gasteiger charge is 2.18. The van der Waals surface area contributed by atoms with Crippen molar-refractivity contribution in [2.45, 2.75) is 18.2 Å². The van der Waals surface area contributed by atoms with Gasteiger partial charge in [0.2, 0.25) is 5.91 Å². The van der Waals surface area contributed by atoms with E-state index in [9.17, 15) is 9.18 Å². The van der Waals surface area contributed by atoms with Crippen LogP contribution in [0.4, 0.5) is 10.1 Å². The predicted octanol–water partition coefficient (Wildman–Crippen LogP) is 4.49. The fourth-order valence-electron chi connectivity index (χ4n) is 2.64. The Morgan fingerprint density at radius 2 is 2.03 bits per heavy atom. The first-order valence-electron chi connectivity index (χ1n) is 8.95. The number of methoxy groups -OCH3 is 1. The van der Waals surface area contributed by atoms with Crippen molar-refractivity contribution in [3.63, 3.8) is 0 Å². The Labute approximate surface area is 182 Å². The molecule has 10 heteroatoms. The van der Waals surface area contributed by atoms with E-state index in [2.05, 4.69) is 15.5 Å². The number of benzene rings is 2. The first-order chi connectivity index (χ1) is 14.4. The van der Waals surface area contributed by atoms with Crippen LogP contribution in [0.25, 0.3) is 0 Å². The van der Waals surface area contributed by atoms with Crippen molar-refractivity contribution < 1.29 is 18.7 Å². The quantitative estimate of drug-likeness (QED) is 0.509. The maximum atomic E-state index is 13.1. The van der Waals surface area contributed by atoms with Crippen LogP contribution in [0, 0.1) is 5.82 Å². The van der Waals surface area contributed by atoms with E-state index in [-0.39, 0.29) is 22.8 Å². The molecule has 0 saturated carbocycles. The molecule has 1 atom stereocenters. The summed E-state index contributed by atoms with van der Waals surface area (Å²) in [5.74, 6) is 1.28. The van der Waals surface area contributed by atoms with Crippen LogP contribution in [0.1, 0.15) is 18.9 Å². The highest BCUT2D eigenvalue weighted by atomic mass is 35.5. The Hall–Kier alpha value is -2.78. The van der Waals surface area contributed by atoms with E-state index in [1.807, 2.05) is 25.1 Å². The van der Waals surface area contributed by atoms with Crippen molar-refractivity contribution in [2.75, 3.05) is 18.2 Å². The number of halogens is 2. The average Bonchev–Trinajstić information content (AvgIpc) is 3.09. The number of thioether (sulfide) groups is 1. The van der Waals surface area contributed by atoms with Crippen LogP contribution in [-0.4, -0.2) is 33.5 Å². The Balaban J connectivity index is 1.59. The van der Waals surface area contributed by atoms with Gasteiger partial charge in [-0.2, -0.15) is 0 Å². The number of hydrogen-bond donors (Lipinski definition) is 1. The third kappa shape index (κ3) is 5.43. The number of hydrogen-bond acceptors (Lipinski definition) is 6. The second-order valence-electron chi connectivity index (χ2n) is 6.30. The SMILES string of the molecule is COc1cccc(OC(C)c2nnc(SCC(=O)Nc3ccc(F)cc3Cl)n2C)c1. The summed E-state index contributed by atoms with van der Waals surface area (Å²) in [4.78, 5) is 12.2. The maximum absolute atomic E-state index is 13.1. The van der Waals surface area contributed by atoms with Gasteiger partial charge in [-0.25, -0.2) is 4.39 Å². The second-order valence-corrected chi connectivity index (χ2v) is 7.65. The minimum Gasteiger partial charge on any atom is -0.497 e. The van der Waals surface area contributed by atoms with Gasteiger partial charge in [0.15, 0.2) is 17.1 Å². The highest BCUT2D eigenvalue weighted by Crippen LogP contribution is 2.27. The van der Waals surface area contributed by atoms with E-state index in [0.717, 1.165) is 6.07 Å². The van der Waals surface area contributed by atoms with Gasteiger partial charge in [-0.1, -0.05) is 29.4 Å². The van der Waals surface area contributed by atoms with Gasteiger partial charge in [0.05, 0.1) is 23.6 Å². The number of anilines is 1. The second kappa shape index (κ2) is 9.82. The fraction of sp³-hybridized carbons (Fsp3) is 0.250. The molecular weight excluding hydrogens is 431 g/mol. The van der Waals surface area contributed by atoms with Gasteiger partial charge < -0.3 is 19.4 Å². The van der Waals surface area contributed by atoms with Crippen LogP contribution in [0.2, 0.25) is 5.02 Å². The topological polar surface area (TPSA) is 78.3 Å². The summed E-state index contributed by atoms with van der Waals surface area (Å²) in [6, 6.07) is 11.1. The van der Waals surface area contributed by atoms with Crippen LogP contribution in [-0.2, 0) is 11.8 Å². The molecule has 0 radical (unpaired) electrons. The molecule has 2 aromatic carbocycles. The molecule has 0 aliphatic rings. The summed E-state index contributed by atoms with van der Waals surface area (Å²) >= 11 is 7.15. The molecule has 158 valence electrons. The van der Waals surface area contributed by atoms with Crippen LogP contribution < -0.4 is 14.8 Å². The van der Waals surface area contributed by atoms with E-state index < -0.39 is 5.82 Å². The summed E-state index contributed by atoms with van der Waals surface area (Å²) in [5, 5.41) is 11.7. The van der Waals surface area contributed by atoms with E-state index in [1.54, 1.807) is 24.8 Å². The molecule has 3 aromatic rings. The molecule has 0 saturated heterocycles. The third-order valence-electron chi connectivity index (χ3n) is 4.12. The maximum Gasteiger partial charge on any atom is 0.234 e. The number of carbonyl (C=O) groups excluding carboxylic acids is 1.